The number of thiophene rings is 1. The lowest BCUT2D eigenvalue weighted by molar-refractivity contribution is 0.177. The molecule has 0 saturated carbocycles. The Morgan fingerprint density at radius 2 is 2.27 bits per heavy atom. The second kappa shape index (κ2) is 4.55. The van der Waals surface area contributed by atoms with Crippen LogP contribution in [0.15, 0.2) is 35.8 Å². The van der Waals surface area contributed by atoms with Gasteiger partial charge in [-0.2, -0.15) is 0 Å². The minimum atomic E-state index is -0.439. The van der Waals surface area contributed by atoms with Gasteiger partial charge in [-0.15, -0.1) is 11.3 Å². The van der Waals surface area contributed by atoms with E-state index in [1.165, 1.54) is 4.88 Å². The Labute approximate surface area is 93.2 Å². The first-order chi connectivity index (χ1) is 7.27. The van der Waals surface area contributed by atoms with E-state index >= 15 is 0 Å². The third-order valence-corrected chi connectivity index (χ3v) is 3.25. The second-order valence-corrected chi connectivity index (χ2v) is 4.59. The lowest BCUT2D eigenvalue weighted by Crippen LogP contribution is -2.03. The topological polar surface area (TPSA) is 33.1 Å². The van der Waals surface area contributed by atoms with E-state index in [2.05, 4.69) is 4.98 Å². The molecule has 78 valence electrons. The Morgan fingerprint density at radius 1 is 1.40 bits per heavy atom. The molecular formula is C12H13NOS. The largest absolute Gasteiger partial charge is 0.388 e. The van der Waals surface area contributed by atoms with Gasteiger partial charge < -0.3 is 5.11 Å². The molecule has 0 saturated heterocycles. The second-order valence-electron chi connectivity index (χ2n) is 3.47. The molecule has 0 amide bonds. The van der Waals surface area contributed by atoms with Crippen LogP contribution in [0.25, 0.3) is 0 Å². The van der Waals surface area contributed by atoms with Crippen molar-refractivity contribution in [3.63, 3.8) is 0 Å². The zero-order valence-electron chi connectivity index (χ0n) is 8.55. The average molecular weight is 219 g/mol. The van der Waals surface area contributed by atoms with Crippen LogP contribution in [-0.2, 0) is 6.42 Å². The quantitative estimate of drug-likeness (QED) is 0.861. The van der Waals surface area contributed by atoms with Gasteiger partial charge >= 0.3 is 0 Å². The van der Waals surface area contributed by atoms with Gasteiger partial charge in [0.05, 0.1) is 6.10 Å². The molecule has 0 radical (unpaired) electrons. The van der Waals surface area contributed by atoms with E-state index in [4.69, 9.17) is 0 Å². The van der Waals surface area contributed by atoms with Gasteiger partial charge in [-0.3, -0.25) is 4.98 Å². The summed E-state index contributed by atoms with van der Waals surface area (Å²) in [4.78, 5) is 5.38. The maximum Gasteiger partial charge on any atom is 0.0856 e. The molecule has 1 N–H and O–H groups in total. The Balaban J connectivity index is 2.11. The number of aliphatic hydroxyl groups excluding tert-OH is 1. The highest BCUT2D eigenvalue weighted by Crippen LogP contribution is 2.24. The molecule has 0 aliphatic carbocycles. The Kier molecular flexibility index (Phi) is 3.14. The van der Waals surface area contributed by atoms with Crippen molar-refractivity contribution in [2.75, 3.05) is 0 Å². The van der Waals surface area contributed by atoms with E-state index < -0.39 is 6.10 Å². The maximum atomic E-state index is 10.0. The molecule has 1 atom stereocenters. The molecule has 2 nitrogen and oxygen atoms in total. The predicted octanol–water partition coefficient (Wildman–Crippen LogP) is 2.73. The van der Waals surface area contributed by atoms with E-state index in [0.717, 1.165) is 11.3 Å². The standard InChI is InChI=1S/C12H13NOS/c1-9-11(5-7-15-9)12(14)8-10-4-2-3-6-13-10/h2-7,12,14H,8H2,1H3. The van der Waals surface area contributed by atoms with Gasteiger partial charge in [0.2, 0.25) is 0 Å². The zero-order valence-corrected chi connectivity index (χ0v) is 9.37. The number of aryl methyl sites for hydroxylation is 1. The highest BCUT2D eigenvalue weighted by Gasteiger charge is 2.12. The summed E-state index contributed by atoms with van der Waals surface area (Å²) in [5, 5.41) is 12.0. The van der Waals surface area contributed by atoms with Gasteiger partial charge in [-0.1, -0.05) is 6.07 Å². The first-order valence-corrected chi connectivity index (χ1v) is 5.77. The monoisotopic (exact) mass is 219 g/mol. The molecule has 0 aromatic carbocycles. The van der Waals surface area contributed by atoms with Crippen molar-refractivity contribution in [2.24, 2.45) is 0 Å². The van der Waals surface area contributed by atoms with Crippen LogP contribution in [0.1, 0.15) is 22.2 Å². The SMILES string of the molecule is Cc1sccc1C(O)Cc1ccccn1. The summed E-state index contributed by atoms with van der Waals surface area (Å²) in [5.74, 6) is 0. The summed E-state index contributed by atoms with van der Waals surface area (Å²) in [7, 11) is 0. The fraction of sp³-hybridized carbons (Fsp3) is 0.250. The third-order valence-electron chi connectivity index (χ3n) is 2.39. The summed E-state index contributed by atoms with van der Waals surface area (Å²) in [6, 6.07) is 7.74. The number of hydrogen-bond donors (Lipinski definition) is 1. The van der Waals surface area contributed by atoms with Crippen LogP contribution in [0.3, 0.4) is 0 Å². The minimum Gasteiger partial charge on any atom is -0.388 e. The first kappa shape index (κ1) is 10.3. The van der Waals surface area contributed by atoms with Crippen molar-refractivity contribution in [1.29, 1.82) is 0 Å². The normalized spacial score (nSPS) is 12.7. The fourth-order valence-electron chi connectivity index (χ4n) is 1.57. The lowest BCUT2D eigenvalue weighted by Gasteiger charge is -2.09. The van der Waals surface area contributed by atoms with E-state index in [-0.39, 0.29) is 0 Å². The van der Waals surface area contributed by atoms with Crippen LogP contribution >= 0.6 is 11.3 Å². The number of aromatic nitrogens is 1. The van der Waals surface area contributed by atoms with E-state index in [9.17, 15) is 5.11 Å². The molecule has 2 aromatic heterocycles. The lowest BCUT2D eigenvalue weighted by atomic mass is 10.1. The smallest absolute Gasteiger partial charge is 0.0856 e. The van der Waals surface area contributed by atoms with Crippen LogP contribution in [-0.4, -0.2) is 10.1 Å². The van der Waals surface area contributed by atoms with Crippen LogP contribution in [0, 0.1) is 6.92 Å². The fourth-order valence-corrected chi connectivity index (χ4v) is 2.33. The highest BCUT2D eigenvalue weighted by atomic mass is 32.1. The Morgan fingerprint density at radius 3 is 2.87 bits per heavy atom. The first-order valence-electron chi connectivity index (χ1n) is 4.89. The molecule has 15 heavy (non-hydrogen) atoms. The van der Waals surface area contributed by atoms with Crippen LogP contribution in [0.2, 0.25) is 0 Å². The van der Waals surface area contributed by atoms with Gasteiger partial charge in [0.25, 0.3) is 0 Å². The molecular weight excluding hydrogens is 206 g/mol. The van der Waals surface area contributed by atoms with Gasteiger partial charge in [0.1, 0.15) is 0 Å². The molecule has 0 fully saturated rings. The van der Waals surface area contributed by atoms with Gasteiger partial charge in [-0.25, -0.2) is 0 Å². The van der Waals surface area contributed by atoms with Gasteiger partial charge in [-0.05, 0) is 36.1 Å². The van der Waals surface area contributed by atoms with Crippen molar-refractivity contribution >= 4 is 11.3 Å². The molecule has 0 aliphatic rings. The highest BCUT2D eigenvalue weighted by molar-refractivity contribution is 7.10. The van der Waals surface area contributed by atoms with Crippen LogP contribution in [0.4, 0.5) is 0 Å². The average Bonchev–Trinajstić information content (AvgIpc) is 2.66. The van der Waals surface area contributed by atoms with Crippen molar-refractivity contribution in [3.05, 3.63) is 52.0 Å². The maximum absolute atomic E-state index is 10.0. The van der Waals surface area contributed by atoms with Crippen molar-refractivity contribution in [2.45, 2.75) is 19.4 Å². The number of nitrogens with zero attached hydrogens (tertiary/aromatic N) is 1. The molecule has 2 heterocycles. The minimum absolute atomic E-state index is 0.439. The van der Waals surface area contributed by atoms with Crippen LogP contribution in [0.5, 0.6) is 0 Å². The molecule has 1 unspecified atom stereocenters. The van der Waals surface area contributed by atoms with Crippen LogP contribution < -0.4 is 0 Å². The van der Waals surface area contributed by atoms with Gasteiger partial charge in [0.15, 0.2) is 0 Å². The molecule has 3 heteroatoms. The summed E-state index contributed by atoms with van der Waals surface area (Å²) in [6.07, 6.45) is 1.90. The summed E-state index contributed by atoms with van der Waals surface area (Å²) >= 11 is 1.66. The number of hydrogen-bond acceptors (Lipinski definition) is 3. The van der Waals surface area contributed by atoms with Crippen molar-refractivity contribution in [1.82, 2.24) is 4.98 Å². The predicted molar refractivity (Wildman–Crippen MR) is 62.0 cm³/mol. The Bertz CT molecular complexity index is 424. The van der Waals surface area contributed by atoms with E-state index in [1.54, 1.807) is 17.5 Å². The zero-order chi connectivity index (χ0) is 10.7. The van der Waals surface area contributed by atoms with Gasteiger partial charge in [0, 0.05) is 23.2 Å². The van der Waals surface area contributed by atoms with E-state index in [1.807, 2.05) is 36.6 Å². The Hall–Kier alpha value is -1.19. The number of pyridine rings is 1. The number of rotatable bonds is 3. The third kappa shape index (κ3) is 2.43. The van der Waals surface area contributed by atoms with Crippen molar-refractivity contribution < 1.29 is 5.11 Å². The summed E-state index contributed by atoms with van der Waals surface area (Å²) in [6.45, 7) is 2.03. The number of aliphatic hydroxyl groups is 1. The molecule has 2 aromatic rings. The van der Waals surface area contributed by atoms with E-state index in [0.29, 0.717) is 6.42 Å². The molecule has 2 rings (SSSR count). The summed E-state index contributed by atoms with van der Waals surface area (Å²) in [5.41, 5.74) is 1.95. The summed E-state index contributed by atoms with van der Waals surface area (Å²) < 4.78 is 0. The molecule has 0 spiro atoms. The molecule has 0 aliphatic heterocycles. The molecule has 0 bridgehead atoms. The van der Waals surface area contributed by atoms with Crippen molar-refractivity contribution in [3.8, 4) is 0 Å².